The van der Waals surface area contributed by atoms with Crippen LogP contribution in [0.1, 0.15) is 40.5 Å². The normalized spacial score (nSPS) is 23.3. The molecule has 176 valence electrons. The van der Waals surface area contributed by atoms with Crippen LogP contribution in [-0.2, 0) is 27.3 Å². The lowest BCUT2D eigenvalue weighted by Gasteiger charge is -2.28. The summed E-state index contributed by atoms with van der Waals surface area (Å²) < 4.78 is 5.30. The zero-order chi connectivity index (χ0) is 24.1. The van der Waals surface area contributed by atoms with Gasteiger partial charge in [-0.2, -0.15) is 5.26 Å². The Morgan fingerprint density at radius 3 is 2.49 bits per heavy atom. The second-order valence-electron chi connectivity index (χ2n) is 8.95. The van der Waals surface area contributed by atoms with Crippen LogP contribution >= 0.6 is 11.3 Å². The Morgan fingerprint density at radius 2 is 1.77 bits per heavy atom. The first kappa shape index (κ1) is 21.8. The van der Waals surface area contributed by atoms with Crippen molar-refractivity contribution in [3.05, 3.63) is 76.2 Å². The van der Waals surface area contributed by atoms with E-state index in [0.717, 1.165) is 47.4 Å². The first-order chi connectivity index (χ1) is 17.1. The van der Waals surface area contributed by atoms with Gasteiger partial charge in [-0.05, 0) is 61.1 Å². The van der Waals surface area contributed by atoms with E-state index in [1.54, 1.807) is 12.2 Å². The number of anilines is 2. The van der Waals surface area contributed by atoms with Crippen molar-refractivity contribution < 1.29 is 19.2 Å². The molecule has 1 aromatic heterocycles. The highest BCUT2D eigenvalue weighted by Crippen LogP contribution is 2.50. The Balaban J connectivity index is 1.43. The van der Waals surface area contributed by atoms with Crippen LogP contribution in [0.15, 0.2) is 54.6 Å². The van der Waals surface area contributed by atoms with Crippen LogP contribution in [0.25, 0.3) is 0 Å². The zero-order valence-electron chi connectivity index (χ0n) is 19.1. The fraction of sp³-hybridized carbons (Fsp3) is 0.296. The molecule has 2 saturated heterocycles. The average molecular weight is 486 g/mol. The molecule has 0 radical (unpaired) electrons. The van der Waals surface area contributed by atoms with Crippen LogP contribution in [0, 0.1) is 17.2 Å². The molecule has 1 aliphatic carbocycles. The number of ether oxygens (including phenoxy) is 1. The number of carbonyl (C=O) groups is 2. The number of imide groups is 1. The van der Waals surface area contributed by atoms with Gasteiger partial charge in [0.1, 0.15) is 22.7 Å². The second kappa shape index (κ2) is 8.52. The first-order valence-corrected chi connectivity index (χ1v) is 12.5. The molecule has 0 N–H and O–H groups in total. The number of hydrogen-bond donors (Lipinski definition) is 0. The minimum absolute atomic E-state index is 0.325. The maximum Gasteiger partial charge on any atom is 0.267 e. The third-order valence-corrected chi connectivity index (χ3v) is 8.33. The third kappa shape index (κ3) is 3.34. The molecule has 8 heteroatoms. The summed E-state index contributed by atoms with van der Waals surface area (Å²) in [6.07, 6.45) is 2.80. The molecule has 0 unspecified atom stereocenters. The van der Waals surface area contributed by atoms with Crippen LogP contribution in [0.5, 0.6) is 5.75 Å². The van der Waals surface area contributed by atoms with Crippen LogP contribution < -0.4 is 14.7 Å². The molecule has 7 nitrogen and oxygen atoms in total. The van der Waals surface area contributed by atoms with Gasteiger partial charge in [0.15, 0.2) is 6.10 Å². The summed E-state index contributed by atoms with van der Waals surface area (Å²) in [6.45, 7) is 0. The third-order valence-electron chi connectivity index (χ3n) is 7.05. The van der Waals surface area contributed by atoms with Gasteiger partial charge in [0, 0.05) is 4.88 Å². The fourth-order valence-corrected chi connectivity index (χ4v) is 6.73. The van der Waals surface area contributed by atoms with E-state index in [0.29, 0.717) is 16.3 Å². The second-order valence-corrected chi connectivity index (χ2v) is 10.0. The van der Waals surface area contributed by atoms with Gasteiger partial charge in [0.25, 0.3) is 5.91 Å². The largest absolute Gasteiger partial charge is 0.497 e. The predicted octanol–water partition coefficient (Wildman–Crippen LogP) is 4.56. The number of hydrogen-bond acceptors (Lipinski definition) is 7. The molecule has 2 fully saturated rings. The van der Waals surface area contributed by atoms with Crippen molar-refractivity contribution in [1.82, 2.24) is 0 Å². The number of para-hydroxylation sites is 1. The van der Waals surface area contributed by atoms with Gasteiger partial charge in [-0.3, -0.25) is 14.4 Å². The van der Waals surface area contributed by atoms with Gasteiger partial charge in [-0.15, -0.1) is 11.3 Å². The minimum Gasteiger partial charge on any atom is -0.497 e. The highest BCUT2D eigenvalue weighted by molar-refractivity contribution is 7.17. The standard InChI is InChI=1S/C27H23N3O4S/c1-33-18-13-11-16(12-14-18)23-22-24(34-30(23)17-7-3-2-4-8-17)26(32)29(25(22)31)27-20(15-28)19-9-5-6-10-21(19)35-27/h2-4,7-8,11-14,22-24H,5-6,9-10H2,1H3/t22-,23-,24-/m1/s1. The molecule has 2 aromatic carbocycles. The van der Waals surface area contributed by atoms with Crippen molar-refractivity contribution >= 4 is 33.8 Å². The number of thiophene rings is 1. The van der Waals surface area contributed by atoms with E-state index >= 15 is 0 Å². The van der Waals surface area contributed by atoms with Gasteiger partial charge in [-0.25, -0.2) is 9.96 Å². The van der Waals surface area contributed by atoms with E-state index < -0.39 is 24.0 Å². The monoisotopic (exact) mass is 485 g/mol. The number of nitriles is 1. The van der Waals surface area contributed by atoms with E-state index in [1.165, 1.54) is 16.2 Å². The molecule has 2 aliphatic heterocycles. The van der Waals surface area contributed by atoms with Gasteiger partial charge in [0.05, 0.1) is 24.4 Å². The van der Waals surface area contributed by atoms with E-state index in [1.807, 2.05) is 54.6 Å². The SMILES string of the molecule is COc1ccc([C@@H]2[C@H]3C(=O)N(c4sc5c(c4C#N)CCCC5)C(=O)[C@@H]3ON2c2ccccc2)cc1. The average Bonchev–Trinajstić information content (AvgIpc) is 3.54. The molecule has 6 rings (SSSR count). The number of methoxy groups -OCH3 is 1. The van der Waals surface area contributed by atoms with Crippen molar-refractivity contribution in [2.75, 3.05) is 17.1 Å². The lowest BCUT2D eigenvalue weighted by molar-refractivity contribution is -0.126. The molecule has 3 heterocycles. The summed E-state index contributed by atoms with van der Waals surface area (Å²) in [5.74, 6) is -0.767. The molecular weight excluding hydrogens is 462 g/mol. The topological polar surface area (TPSA) is 82.9 Å². The lowest BCUT2D eigenvalue weighted by atomic mass is 9.90. The van der Waals surface area contributed by atoms with Crippen molar-refractivity contribution in [1.29, 1.82) is 5.26 Å². The summed E-state index contributed by atoms with van der Waals surface area (Å²) >= 11 is 1.41. The van der Waals surface area contributed by atoms with Gasteiger partial charge >= 0.3 is 0 Å². The highest BCUT2D eigenvalue weighted by atomic mass is 32.1. The number of fused-ring (bicyclic) bond motifs is 2. The molecule has 3 atom stereocenters. The van der Waals surface area contributed by atoms with Gasteiger partial charge in [-0.1, -0.05) is 30.3 Å². The Morgan fingerprint density at radius 1 is 1.03 bits per heavy atom. The Bertz CT molecular complexity index is 1350. The van der Waals surface area contributed by atoms with Gasteiger partial charge < -0.3 is 4.74 Å². The number of aryl methyl sites for hydroxylation is 1. The van der Waals surface area contributed by atoms with Crippen molar-refractivity contribution in [3.63, 3.8) is 0 Å². The van der Waals surface area contributed by atoms with Crippen molar-refractivity contribution in [2.24, 2.45) is 5.92 Å². The summed E-state index contributed by atoms with van der Waals surface area (Å²) in [5, 5.41) is 12.1. The Hall–Kier alpha value is -3.67. The quantitative estimate of drug-likeness (QED) is 0.504. The predicted molar refractivity (Wildman–Crippen MR) is 131 cm³/mol. The number of hydroxylamine groups is 1. The number of carbonyl (C=O) groups excluding carboxylic acids is 2. The van der Waals surface area contributed by atoms with E-state index in [-0.39, 0.29) is 5.91 Å². The maximum absolute atomic E-state index is 13.9. The van der Waals surface area contributed by atoms with Crippen LogP contribution in [0.2, 0.25) is 0 Å². The van der Waals surface area contributed by atoms with Crippen LogP contribution in [-0.4, -0.2) is 25.0 Å². The highest BCUT2D eigenvalue weighted by Gasteiger charge is 2.61. The summed E-state index contributed by atoms with van der Waals surface area (Å²) in [4.78, 5) is 36.1. The number of rotatable bonds is 4. The molecule has 0 spiro atoms. The maximum atomic E-state index is 13.9. The van der Waals surface area contributed by atoms with Gasteiger partial charge in [0.2, 0.25) is 5.91 Å². The lowest BCUT2D eigenvalue weighted by Crippen LogP contribution is -2.37. The van der Waals surface area contributed by atoms with Crippen molar-refractivity contribution in [3.8, 4) is 11.8 Å². The van der Waals surface area contributed by atoms with Crippen LogP contribution in [0.4, 0.5) is 10.7 Å². The first-order valence-electron chi connectivity index (χ1n) is 11.7. The smallest absolute Gasteiger partial charge is 0.267 e. The van der Waals surface area contributed by atoms with Crippen LogP contribution in [0.3, 0.4) is 0 Å². The molecule has 2 amide bonds. The molecule has 3 aliphatic rings. The summed E-state index contributed by atoms with van der Waals surface area (Å²) in [6, 6.07) is 18.7. The number of benzene rings is 2. The molecular formula is C27H23N3O4S. The van der Waals surface area contributed by atoms with E-state index in [4.69, 9.17) is 9.57 Å². The van der Waals surface area contributed by atoms with Crippen molar-refractivity contribution in [2.45, 2.75) is 37.8 Å². The summed E-state index contributed by atoms with van der Waals surface area (Å²) in [7, 11) is 1.60. The molecule has 3 aromatic rings. The van der Waals surface area contributed by atoms with E-state index in [9.17, 15) is 14.9 Å². The molecule has 0 saturated carbocycles. The number of amides is 2. The Kier molecular flexibility index (Phi) is 5.32. The molecule has 35 heavy (non-hydrogen) atoms. The summed E-state index contributed by atoms with van der Waals surface area (Å²) in [5.41, 5.74) is 3.07. The zero-order valence-corrected chi connectivity index (χ0v) is 20.0. The molecule has 0 bridgehead atoms. The fourth-order valence-electron chi connectivity index (χ4n) is 5.38. The number of nitrogens with zero attached hydrogens (tertiary/aromatic N) is 3. The van der Waals surface area contributed by atoms with E-state index in [2.05, 4.69) is 6.07 Å². The Labute approximate surface area is 207 Å². The minimum atomic E-state index is -0.958.